The van der Waals surface area contributed by atoms with E-state index in [1.165, 1.54) is 0 Å². The quantitative estimate of drug-likeness (QED) is 0.322. The van der Waals surface area contributed by atoms with E-state index in [1.807, 2.05) is 0 Å². The van der Waals surface area contributed by atoms with Gasteiger partial charge in [-0.15, -0.1) is 0 Å². The molecule has 10 heteroatoms. The van der Waals surface area contributed by atoms with Crippen LogP contribution in [0.1, 0.15) is 0 Å². The van der Waals surface area contributed by atoms with Gasteiger partial charge in [-0.05, 0) is 0 Å². The van der Waals surface area contributed by atoms with Gasteiger partial charge in [0, 0.05) is 0 Å². The Bertz CT molecular complexity index is 172. The molecule has 4 N–H and O–H groups in total. The van der Waals surface area contributed by atoms with Crippen molar-refractivity contribution in [1.82, 2.24) is 5.32 Å². The minimum atomic E-state index is -4.10. The first-order chi connectivity index (χ1) is 4.42. The Labute approximate surface area is 204 Å². The van der Waals surface area contributed by atoms with Gasteiger partial charge in [-0.25, -0.2) is 0 Å². The first kappa shape index (κ1) is 26.1. The van der Waals surface area contributed by atoms with Crippen LogP contribution in [0.25, 0.3) is 0 Å². The molecular formula is C3H11K3NO5P. The van der Waals surface area contributed by atoms with Crippen LogP contribution in [-0.4, -0.2) is 188 Å². The Hall–Kier alpha value is 4.49. The molecule has 0 saturated heterocycles. The summed E-state index contributed by atoms with van der Waals surface area (Å²) in [5.74, 6) is -1.14. The maximum absolute atomic E-state index is 10.1. The van der Waals surface area contributed by atoms with Crippen LogP contribution in [-0.2, 0) is 9.36 Å². The zero-order valence-electron chi connectivity index (χ0n) is 5.02. The molecule has 0 rings (SSSR count). The van der Waals surface area contributed by atoms with Gasteiger partial charge in [-0.1, -0.05) is 0 Å². The second-order valence-corrected chi connectivity index (χ2v) is 3.29. The third-order valence-corrected chi connectivity index (χ3v) is 1.23. The van der Waals surface area contributed by atoms with Crippen molar-refractivity contribution in [3.63, 3.8) is 0 Å². The van der Waals surface area contributed by atoms with Crippen LogP contribution in [0.4, 0.5) is 0 Å². The van der Waals surface area contributed by atoms with Gasteiger partial charge in [0.15, 0.2) is 0 Å². The van der Waals surface area contributed by atoms with Crippen LogP contribution >= 0.6 is 7.60 Å². The first-order valence-corrected chi connectivity index (χ1v) is 4.18. The standard InChI is InChI=1S/C3H8NO5P.3K.3H/c5-3(6)1-4-2-10(7,8)9;;;;;;/h4H,1-2H2,(H,5,6)(H2,7,8,9);;;;;;. The van der Waals surface area contributed by atoms with Crippen molar-refractivity contribution in [2.24, 2.45) is 0 Å². The summed E-state index contributed by atoms with van der Waals surface area (Å²) in [6.07, 6.45) is -0.598. The molecule has 13 heavy (non-hydrogen) atoms. The van der Waals surface area contributed by atoms with Gasteiger partial charge in [0.05, 0.1) is 12.8 Å². The number of hydrogen-bond acceptors (Lipinski definition) is 3. The molecule has 0 aliphatic carbocycles. The molecule has 0 aromatic rings. The van der Waals surface area contributed by atoms with E-state index in [0.717, 1.165) is 0 Å². The summed E-state index contributed by atoms with van der Waals surface area (Å²) < 4.78 is 10.1. The van der Waals surface area contributed by atoms with Gasteiger partial charge in [-0.3, -0.25) is 14.7 Å². The van der Waals surface area contributed by atoms with Crippen molar-refractivity contribution < 1.29 is 24.3 Å². The van der Waals surface area contributed by atoms with E-state index in [9.17, 15) is 9.36 Å². The molecule has 6 nitrogen and oxygen atoms in total. The molecule has 0 aliphatic rings. The molecule has 0 atom stereocenters. The van der Waals surface area contributed by atoms with E-state index in [2.05, 4.69) is 5.32 Å². The van der Waals surface area contributed by atoms with Crippen LogP contribution in [0.2, 0.25) is 0 Å². The molecule has 0 amide bonds. The Morgan fingerprint density at radius 3 is 1.85 bits per heavy atom. The van der Waals surface area contributed by atoms with Gasteiger partial charge in [-0.2, -0.15) is 0 Å². The van der Waals surface area contributed by atoms with Crippen molar-refractivity contribution in [3.05, 3.63) is 0 Å². The molecule has 0 saturated carbocycles. The van der Waals surface area contributed by atoms with E-state index in [4.69, 9.17) is 14.9 Å². The van der Waals surface area contributed by atoms with Crippen molar-refractivity contribution >= 4 is 168 Å². The van der Waals surface area contributed by atoms with E-state index < -0.39 is 26.4 Å². The predicted octanol–water partition coefficient (Wildman–Crippen LogP) is -3.15. The molecular weight excluding hydrogens is 278 g/mol. The van der Waals surface area contributed by atoms with Crippen LogP contribution in [0.5, 0.6) is 0 Å². The van der Waals surface area contributed by atoms with Crippen LogP contribution in [0.15, 0.2) is 0 Å². The monoisotopic (exact) mass is 289 g/mol. The zero-order valence-corrected chi connectivity index (χ0v) is 5.91. The molecule has 0 heterocycles. The normalized spacial score (nSPS) is 8.77. The molecule has 0 aromatic heterocycles. The van der Waals surface area contributed by atoms with Crippen molar-refractivity contribution in [2.75, 3.05) is 12.8 Å². The van der Waals surface area contributed by atoms with Crippen LogP contribution < -0.4 is 5.32 Å². The van der Waals surface area contributed by atoms with E-state index in [0.29, 0.717) is 0 Å². The summed E-state index contributed by atoms with van der Waals surface area (Å²) in [5, 5.41) is 10.1. The average Bonchev–Trinajstić information content (AvgIpc) is 1.59. The molecule has 0 spiro atoms. The fourth-order valence-electron chi connectivity index (χ4n) is 0.308. The predicted molar refractivity (Wildman–Crippen MR) is 54.0 cm³/mol. The fourth-order valence-corrected chi connectivity index (χ4v) is 0.712. The van der Waals surface area contributed by atoms with E-state index in [1.54, 1.807) is 0 Å². The van der Waals surface area contributed by atoms with Gasteiger partial charge in [0.25, 0.3) is 0 Å². The zero-order chi connectivity index (χ0) is 8.20. The molecule has 0 fully saturated rings. The summed E-state index contributed by atoms with van der Waals surface area (Å²) in [7, 11) is -4.10. The van der Waals surface area contributed by atoms with Crippen LogP contribution in [0, 0.1) is 0 Å². The summed E-state index contributed by atoms with van der Waals surface area (Å²) in [5.41, 5.74) is 0. The van der Waals surface area contributed by atoms with E-state index in [-0.39, 0.29) is 154 Å². The van der Waals surface area contributed by atoms with Crippen LogP contribution in [0.3, 0.4) is 0 Å². The SMILES string of the molecule is O=C(O)CNCP(=O)(O)O.[KH].[KH].[KH]. The average molecular weight is 289 g/mol. The van der Waals surface area contributed by atoms with Crippen molar-refractivity contribution in [3.8, 4) is 0 Å². The molecule has 0 aromatic carbocycles. The van der Waals surface area contributed by atoms with Crippen molar-refractivity contribution in [2.45, 2.75) is 0 Å². The Morgan fingerprint density at radius 1 is 1.23 bits per heavy atom. The molecule has 0 bridgehead atoms. The third-order valence-electron chi connectivity index (χ3n) is 0.594. The van der Waals surface area contributed by atoms with E-state index >= 15 is 0 Å². The van der Waals surface area contributed by atoms with Gasteiger partial charge in [0.1, 0.15) is 0 Å². The number of carbonyl (C=O) groups is 1. The molecule has 0 unspecified atom stereocenters. The number of carboxylic acid groups (broad SMARTS) is 1. The number of nitrogens with one attached hydrogen (secondary N) is 1. The maximum atomic E-state index is 10.1. The van der Waals surface area contributed by atoms with Gasteiger partial charge < -0.3 is 14.9 Å². The summed E-state index contributed by atoms with van der Waals surface area (Å²) in [4.78, 5) is 26.1. The second kappa shape index (κ2) is 14.5. The fraction of sp³-hybridized carbons (Fsp3) is 0.667. The third kappa shape index (κ3) is 26.2. The summed E-state index contributed by atoms with van der Waals surface area (Å²) in [6.45, 7) is -0.439. The molecule has 66 valence electrons. The minimum absolute atomic E-state index is 0. The number of aliphatic carboxylic acids is 1. The number of rotatable bonds is 4. The number of hydrogen-bond donors (Lipinski definition) is 4. The van der Waals surface area contributed by atoms with Gasteiger partial charge in [0.2, 0.25) is 0 Å². The molecule has 0 aliphatic heterocycles. The number of carboxylic acids is 1. The Morgan fingerprint density at radius 2 is 1.62 bits per heavy atom. The topological polar surface area (TPSA) is 107 Å². The second-order valence-electron chi connectivity index (χ2n) is 1.64. The molecule has 0 radical (unpaired) electrons. The summed E-state index contributed by atoms with van der Waals surface area (Å²) in [6, 6.07) is 0. The summed E-state index contributed by atoms with van der Waals surface area (Å²) >= 11 is 0. The first-order valence-electron chi connectivity index (χ1n) is 2.39. The Balaban J connectivity index is -0.000000135. The Kier molecular flexibility index (Phi) is 29.2. The van der Waals surface area contributed by atoms with Gasteiger partial charge >= 0.3 is 168 Å². The van der Waals surface area contributed by atoms with Crippen molar-refractivity contribution in [1.29, 1.82) is 0 Å².